The van der Waals surface area contributed by atoms with Crippen LogP contribution in [0.5, 0.6) is 5.75 Å². The molecule has 0 saturated carbocycles. The van der Waals surface area contributed by atoms with Crippen molar-refractivity contribution in [2.45, 2.75) is 20.0 Å². The van der Waals surface area contributed by atoms with Crippen molar-refractivity contribution >= 4 is 11.7 Å². The van der Waals surface area contributed by atoms with Gasteiger partial charge in [-0.25, -0.2) is 9.18 Å². The Bertz CT molecular complexity index is 472. The first-order valence-corrected chi connectivity index (χ1v) is 4.70. The van der Waals surface area contributed by atoms with Gasteiger partial charge in [-0.3, -0.25) is 10.1 Å². The molecule has 0 spiro atoms. The SMILES string of the molecule is CC(C)Oc1cc(C(=O)O)c(F)cc1[N+](=O)[O-]. The maximum Gasteiger partial charge on any atom is 0.338 e. The number of ether oxygens (including phenoxy) is 1. The average Bonchev–Trinajstić information content (AvgIpc) is 2.18. The van der Waals surface area contributed by atoms with Crippen molar-refractivity contribution < 1.29 is 24.0 Å². The van der Waals surface area contributed by atoms with Gasteiger partial charge in [-0.1, -0.05) is 0 Å². The third-order valence-corrected chi connectivity index (χ3v) is 1.84. The van der Waals surface area contributed by atoms with Crippen LogP contribution in [0.4, 0.5) is 10.1 Å². The van der Waals surface area contributed by atoms with Crippen LogP contribution >= 0.6 is 0 Å². The van der Waals surface area contributed by atoms with Gasteiger partial charge in [0.05, 0.1) is 22.7 Å². The number of carboxylic acids is 1. The quantitative estimate of drug-likeness (QED) is 0.646. The highest BCUT2D eigenvalue weighted by Crippen LogP contribution is 2.30. The van der Waals surface area contributed by atoms with Crippen LogP contribution in [-0.2, 0) is 0 Å². The Labute approximate surface area is 95.8 Å². The largest absolute Gasteiger partial charge is 0.484 e. The van der Waals surface area contributed by atoms with E-state index < -0.39 is 28.0 Å². The van der Waals surface area contributed by atoms with Crippen LogP contribution in [0.2, 0.25) is 0 Å². The van der Waals surface area contributed by atoms with Gasteiger partial charge in [-0.15, -0.1) is 0 Å². The lowest BCUT2D eigenvalue weighted by Gasteiger charge is -2.10. The zero-order chi connectivity index (χ0) is 13.2. The minimum Gasteiger partial charge on any atom is -0.484 e. The Morgan fingerprint density at radius 2 is 2.12 bits per heavy atom. The summed E-state index contributed by atoms with van der Waals surface area (Å²) in [5.74, 6) is -2.94. The first-order chi connectivity index (χ1) is 7.82. The number of benzene rings is 1. The number of hydrogen-bond acceptors (Lipinski definition) is 4. The van der Waals surface area contributed by atoms with Crippen molar-refractivity contribution in [2.75, 3.05) is 0 Å². The van der Waals surface area contributed by atoms with Gasteiger partial charge in [0.2, 0.25) is 0 Å². The molecule has 0 heterocycles. The van der Waals surface area contributed by atoms with Gasteiger partial charge in [0.25, 0.3) is 0 Å². The summed E-state index contributed by atoms with van der Waals surface area (Å²) in [4.78, 5) is 20.5. The standard InChI is InChI=1S/C10H10FNO5/c1-5(2)17-9-3-6(10(13)14)7(11)4-8(9)12(15)16/h3-5H,1-2H3,(H,13,14). The molecular weight excluding hydrogens is 233 g/mol. The van der Waals surface area contributed by atoms with Crippen LogP contribution in [0, 0.1) is 15.9 Å². The number of nitro benzene ring substituents is 1. The van der Waals surface area contributed by atoms with E-state index in [1.165, 1.54) is 0 Å². The highest BCUT2D eigenvalue weighted by molar-refractivity contribution is 5.89. The highest BCUT2D eigenvalue weighted by atomic mass is 19.1. The summed E-state index contributed by atoms with van der Waals surface area (Å²) in [7, 11) is 0. The van der Waals surface area contributed by atoms with E-state index in [9.17, 15) is 19.3 Å². The van der Waals surface area contributed by atoms with Gasteiger partial charge in [-0.05, 0) is 13.8 Å². The Kier molecular flexibility index (Phi) is 3.62. The summed E-state index contributed by atoms with van der Waals surface area (Å²) in [6, 6.07) is 1.36. The lowest BCUT2D eigenvalue weighted by molar-refractivity contribution is -0.386. The monoisotopic (exact) mass is 243 g/mol. The number of rotatable bonds is 4. The fourth-order valence-corrected chi connectivity index (χ4v) is 1.20. The van der Waals surface area contributed by atoms with E-state index in [0.717, 1.165) is 6.07 Å². The molecule has 6 nitrogen and oxygen atoms in total. The van der Waals surface area contributed by atoms with Crippen molar-refractivity contribution in [1.29, 1.82) is 0 Å². The molecule has 1 N–H and O–H groups in total. The minimum atomic E-state index is -1.51. The number of nitro groups is 1. The van der Waals surface area contributed by atoms with E-state index in [-0.39, 0.29) is 11.9 Å². The molecule has 0 aliphatic rings. The van der Waals surface area contributed by atoms with Gasteiger partial charge in [-0.2, -0.15) is 0 Å². The smallest absolute Gasteiger partial charge is 0.338 e. The molecular formula is C10H10FNO5. The molecule has 1 rings (SSSR count). The number of carboxylic acid groups (broad SMARTS) is 1. The maximum absolute atomic E-state index is 13.2. The van der Waals surface area contributed by atoms with Crippen LogP contribution in [0.25, 0.3) is 0 Å². The van der Waals surface area contributed by atoms with Crippen LogP contribution < -0.4 is 4.74 Å². The van der Waals surface area contributed by atoms with Crippen molar-refractivity contribution in [1.82, 2.24) is 0 Å². The Morgan fingerprint density at radius 1 is 1.53 bits per heavy atom. The molecule has 0 bridgehead atoms. The predicted molar refractivity (Wildman–Crippen MR) is 55.8 cm³/mol. The van der Waals surface area contributed by atoms with E-state index in [1.54, 1.807) is 13.8 Å². The molecule has 0 saturated heterocycles. The molecule has 0 radical (unpaired) electrons. The second-order valence-corrected chi connectivity index (χ2v) is 3.53. The first kappa shape index (κ1) is 12.9. The van der Waals surface area contributed by atoms with Crippen LogP contribution in [0.15, 0.2) is 12.1 Å². The fraction of sp³-hybridized carbons (Fsp3) is 0.300. The van der Waals surface area contributed by atoms with E-state index in [1.807, 2.05) is 0 Å². The maximum atomic E-state index is 13.2. The fourth-order valence-electron chi connectivity index (χ4n) is 1.20. The lowest BCUT2D eigenvalue weighted by atomic mass is 10.1. The third-order valence-electron chi connectivity index (χ3n) is 1.84. The summed E-state index contributed by atoms with van der Waals surface area (Å²) < 4.78 is 18.3. The molecule has 7 heteroatoms. The van der Waals surface area contributed by atoms with E-state index in [0.29, 0.717) is 6.07 Å². The number of hydrogen-bond donors (Lipinski definition) is 1. The molecule has 0 aromatic heterocycles. The topological polar surface area (TPSA) is 89.7 Å². The average molecular weight is 243 g/mol. The van der Waals surface area contributed by atoms with Crippen molar-refractivity contribution in [2.24, 2.45) is 0 Å². The first-order valence-electron chi connectivity index (χ1n) is 4.70. The third kappa shape index (κ3) is 2.90. The number of carbonyl (C=O) groups is 1. The van der Waals surface area contributed by atoms with E-state index in [4.69, 9.17) is 9.84 Å². The highest BCUT2D eigenvalue weighted by Gasteiger charge is 2.23. The van der Waals surface area contributed by atoms with Crippen molar-refractivity contribution in [3.05, 3.63) is 33.6 Å². The molecule has 1 aromatic rings. The summed E-state index contributed by atoms with van der Waals surface area (Å²) in [6.45, 7) is 3.24. The molecule has 0 fully saturated rings. The molecule has 92 valence electrons. The zero-order valence-corrected chi connectivity index (χ0v) is 9.14. The van der Waals surface area contributed by atoms with Crippen LogP contribution in [0.3, 0.4) is 0 Å². The Morgan fingerprint density at radius 3 is 2.53 bits per heavy atom. The molecule has 0 atom stereocenters. The van der Waals surface area contributed by atoms with Crippen LogP contribution in [-0.4, -0.2) is 22.1 Å². The number of aromatic carboxylic acids is 1. The predicted octanol–water partition coefficient (Wildman–Crippen LogP) is 2.22. The summed E-state index contributed by atoms with van der Waals surface area (Å²) >= 11 is 0. The molecule has 0 amide bonds. The summed E-state index contributed by atoms with van der Waals surface area (Å²) in [5, 5.41) is 19.3. The lowest BCUT2D eigenvalue weighted by Crippen LogP contribution is -2.10. The van der Waals surface area contributed by atoms with Gasteiger partial charge < -0.3 is 9.84 Å². The van der Waals surface area contributed by atoms with E-state index >= 15 is 0 Å². The van der Waals surface area contributed by atoms with Crippen LogP contribution in [0.1, 0.15) is 24.2 Å². The Hall–Kier alpha value is -2.18. The molecule has 0 aliphatic carbocycles. The Balaban J connectivity index is 3.36. The summed E-state index contributed by atoms with van der Waals surface area (Å²) in [6.07, 6.45) is -0.388. The molecule has 0 unspecified atom stereocenters. The summed E-state index contributed by atoms with van der Waals surface area (Å²) in [5.41, 5.74) is -1.26. The molecule has 17 heavy (non-hydrogen) atoms. The van der Waals surface area contributed by atoms with Gasteiger partial charge in [0, 0.05) is 6.07 Å². The zero-order valence-electron chi connectivity index (χ0n) is 9.14. The van der Waals surface area contributed by atoms with E-state index in [2.05, 4.69) is 0 Å². The second kappa shape index (κ2) is 4.77. The van der Waals surface area contributed by atoms with Gasteiger partial charge >= 0.3 is 11.7 Å². The van der Waals surface area contributed by atoms with Gasteiger partial charge in [0.15, 0.2) is 5.75 Å². The molecule has 0 aliphatic heterocycles. The second-order valence-electron chi connectivity index (χ2n) is 3.53. The number of nitrogens with zero attached hydrogens (tertiary/aromatic N) is 1. The normalized spacial score (nSPS) is 10.4. The minimum absolute atomic E-state index is 0.260. The molecule has 1 aromatic carbocycles. The van der Waals surface area contributed by atoms with Crippen molar-refractivity contribution in [3.63, 3.8) is 0 Å². The number of halogens is 1. The van der Waals surface area contributed by atoms with Gasteiger partial charge in [0.1, 0.15) is 5.82 Å². The van der Waals surface area contributed by atoms with Crippen molar-refractivity contribution in [3.8, 4) is 5.75 Å².